The fourth-order valence-corrected chi connectivity index (χ4v) is 1.18. The summed E-state index contributed by atoms with van der Waals surface area (Å²) < 4.78 is 5.15. The zero-order chi connectivity index (χ0) is 6.97. The molecule has 0 aromatic carbocycles. The van der Waals surface area contributed by atoms with Gasteiger partial charge in [0.05, 0.1) is 18.9 Å². The molecule has 0 spiro atoms. The first-order valence-corrected chi connectivity index (χ1v) is 3.46. The molecule has 0 unspecified atom stereocenters. The molecule has 0 saturated carbocycles. The molecular formula is C7H6ClNO. The number of ether oxygens (including phenoxy) is 1. The van der Waals surface area contributed by atoms with Crippen molar-refractivity contribution in [2.24, 2.45) is 0 Å². The predicted octanol–water partition coefficient (Wildman–Crippen LogP) is 1.77. The molecule has 1 aliphatic rings. The average molecular weight is 156 g/mol. The van der Waals surface area contributed by atoms with Gasteiger partial charge >= 0.3 is 0 Å². The lowest BCUT2D eigenvalue weighted by molar-refractivity contribution is 0.133. The third-order valence-electron chi connectivity index (χ3n) is 1.53. The van der Waals surface area contributed by atoms with E-state index in [9.17, 15) is 0 Å². The topological polar surface area (TPSA) is 22.1 Å². The summed E-state index contributed by atoms with van der Waals surface area (Å²) >= 11 is 5.66. The van der Waals surface area contributed by atoms with Crippen molar-refractivity contribution in [3.05, 3.63) is 28.5 Å². The molecule has 0 aliphatic carbocycles. The van der Waals surface area contributed by atoms with E-state index < -0.39 is 0 Å². The highest BCUT2D eigenvalue weighted by atomic mass is 35.5. The van der Waals surface area contributed by atoms with Gasteiger partial charge in [0.25, 0.3) is 0 Å². The molecule has 0 bridgehead atoms. The van der Waals surface area contributed by atoms with Crippen molar-refractivity contribution in [1.29, 1.82) is 0 Å². The smallest absolute Gasteiger partial charge is 0.129 e. The Bertz CT molecular complexity index is 262. The van der Waals surface area contributed by atoms with Gasteiger partial charge in [-0.25, -0.2) is 4.98 Å². The van der Waals surface area contributed by atoms with Crippen LogP contribution in [-0.2, 0) is 18.0 Å². The molecule has 52 valence electrons. The summed E-state index contributed by atoms with van der Waals surface area (Å²) in [5.41, 5.74) is 2.14. The molecule has 2 nitrogen and oxygen atoms in total. The van der Waals surface area contributed by atoms with Crippen molar-refractivity contribution in [2.45, 2.75) is 13.2 Å². The zero-order valence-electron chi connectivity index (χ0n) is 5.30. The Hall–Kier alpha value is -0.600. The second-order valence-electron chi connectivity index (χ2n) is 2.23. The highest BCUT2D eigenvalue weighted by Crippen LogP contribution is 2.19. The molecule has 0 N–H and O–H groups in total. The summed E-state index contributed by atoms with van der Waals surface area (Å²) in [5, 5.41) is 0.546. The van der Waals surface area contributed by atoms with E-state index in [0.29, 0.717) is 18.4 Å². The van der Waals surface area contributed by atoms with Gasteiger partial charge in [-0.1, -0.05) is 17.7 Å². The predicted molar refractivity (Wildman–Crippen MR) is 37.7 cm³/mol. The minimum atomic E-state index is 0.546. The van der Waals surface area contributed by atoms with E-state index in [4.69, 9.17) is 16.3 Å². The number of pyridine rings is 1. The maximum atomic E-state index is 5.66. The number of nitrogens with zero attached hydrogens (tertiary/aromatic N) is 1. The Balaban J connectivity index is 2.52. The van der Waals surface area contributed by atoms with E-state index in [-0.39, 0.29) is 0 Å². The van der Waals surface area contributed by atoms with Gasteiger partial charge in [0, 0.05) is 5.56 Å². The van der Waals surface area contributed by atoms with Crippen LogP contribution in [0.15, 0.2) is 12.1 Å². The average Bonchev–Trinajstić information content (AvgIpc) is 2.33. The maximum Gasteiger partial charge on any atom is 0.129 e. The molecule has 0 fully saturated rings. The molecule has 0 radical (unpaired) electrons. The summed E-state index contributed by atoms with van der Waals surface area (Å²) in [4.78, 5) is 4.09. The lowest BCUT2D eigenvalue weighted by Crippen LogP contribution is -1.86. The number of rotatable bonds is 0. The molecule has 1 aromatic heterocycles. The van der Waals surface area contributed by atoms with Crippen LogP contribution in [0.25, 0.3) is 0 Å². The Morgan fingerprint density at radius 3 is 3.20 bits per heavy atom. The van der Waals surface area contributed by atoms with Crippen LogP contribution < -0.4 is 0 Å². The van der Waals surface area contributed by atoms with E-state index in [1.54, 1.807) is 6.07 Å². The van der Waals surface area contributed by atoms with Gasteiger partial charge < -0.3 is 4.74 Å². The standard InChI is InChI=1S/C7H6ClNO/c8-7-2-1-5-3-10-4-6(5)9-7/h1-2H,3-4H2. The van der Waals surface area contributed by atoms with Crippen molar-refractivity contribution >= 4 is 11.6 Å². The largest absolute Gasteiger partial charge is 0.370 e. The molecular weight excluding hydrogens is 150 g/mol. The molecule has 0 atom stereocenters. The molecule has 3 heteroatoms. The summed E-state index contributed by atoms with van der Waals surface area (Å²) in [7, 11) is 0. The summed E-state index contributed by atoms with van der Waals surface area (Å²) in [5.74, 6) is 0. The first kappa shape index (κ1) is 6.13. The fourth-order valence-electron chi connectivity index (χ4n) is 1.02. The fraction of sp³-hybridized carbons (Fsp3) is 0.286. The Labute approximate surface area is 63.8 Å². The number of hydrogen-bond donors (Lipinski definition) is 0. The first-order chi connectivity index (χ1) is 4.86. The summed E-state index contributed by atoms with van der Waals surface area (Å²) in [6.07, 6.45) is 0. The van der Waals surface area contributed by atoms with Crippen molar-refractivity contribution < 1.29 is 4.74 Å². The SMILES string of the molecule is Clc1ccc2c(n1)COC2. The lowest BCUT2D eigenvalue weighted by atomic mass is 10.2. The van der Waals surface area contributed by atoms with E-state index in [0.717, 1.165) is 11.3 Å². The number of hydrogen-bond acceptors (Lipinski definition) is 2. The Morgan fingerprint density at radius 2 is 2.30 bits per heavy atom. The van der Waals surface area contributed by atoms with Crippen LogP contribution in [0.2, 0.25) is 5.15 Å². The molecule has 2 heterocycles. The van der Waals surface area contributed by atoms with Gasteiger partial charge in [-0.2, -0.15) is 0 Å². The Morgan fingerprint density at radius 1 is 1.40 bits per heavy atom. The van der Waals surface area contributed by atoms with Crippen LogP contribution >= 0.6 is 11.6 Å². The van der Waals surface area contributed by atoms with Crippen molar-refractivity contribution in [3.8, 4) is 0 Å². The monoisotopic (exact) mass is 155 g/mol. The van der Waals surface area contributed by atoms with Crippen molar-refractivity contribution in [1.82, 2.24) is 4.98 Å². The van der Waals surface area contributed by atoms with Gasteiger partial charge in [-0.3, -0.25) is 0 Å². The van der Waals surface area contributed by atoms with Crippen LogP contribution in [0.1, 0.15) is 11.3 Å². The normalized spacial score (nSPS) is 15.3. The second kappa shape index (κ2) is 2.22. The number of aromatic nitrogens is 1. The Kier molecular flexibility index (Phi) is 1.36. The number of halogens is 1. The molecule has 10 heavy (non-hydrogen) atoms. The molecule has 1 aromatic rings. The van der Waals surface area contributed by atoms with Crippen LogP contribution in [0.5, 0.6) is 0 Å². The highest BCUT2D eigenvalue weighted by Gasteiger charge is 2.11. The van der Waals surface area contributed by atoms with Gasteiger partial charge in [0.1, 0.15) is 5.15 Å². The van der Waals surface area contributed by atoms with Crippen molar-refractivity contribution in [2.75, 3.05) is 0 Å². The van der Waals surface area contributed by atoms with Crippen molar-refractivity contribution in [3.63, 3.8) is 0 Å². The van der Waals surface area contributed by atoms with Gasteiger partial charge in [0.2, 0.25) is 0 Å². The quantitative estimate of drug-likeness (QED) is 0.533. The third kappa shape index (κ3) is 0.895. The van der Waals surface area contributed by atoms with Crippen LogP contribution in [0.3, 0.4) is 0 Å². The minimum Gasteiger partial charge on any atom is -0.370 e. The van der Waals surface area contributed by atoms with Crippen LogP contribution in [-0.4, -0.2) is 4.98 Å². The van der Waals surface area contributed by atoms with Gasteiger partial charge in [-0.15, -0.1) is 0 Å². The third-order valence-corrected chi connectivity index (χ3v) is 1.74. The van der Waals surface area contributed by atoms with Gasteiger partial charge in [-0.05, 0) is 6.07 Å². The highest BCUT2D eigenvalue weighted by molar-refractivity contribution is 6.29. The van der Waals surface area contributed by atoms with E-state index in [1.165, 1.54) is 0 Å². The van der Waals surface area contributed by atoms with Gasteiger partial charge in [0.15, 0.2) is 0 Å². The van der Waals surface area contributed by atoms with E-state index >= 15 is 0 Å². The van der Waals surface area contributed by atoms with E-state index in [1.807, 2.05) is 6.07 Å². The van der Waals surface area contributed by atoms with E-state index in [2.05, 4.69) is 4.98 Å². The zero-order valence-corrected chi connectivity index (χ0v) is 6.06. The molecule has 2 rings (SSSR count). The van der Waals surface area contributed by atoms with Crippen LogP contribution in [0.4, 0.5) is 0 Å². The van der Waals surface area contributed by atoms with Crippen LogP contribution in [0, 0.1) is 0 Å². The first-order valence-electron chi connectivity index (χ1n) is 3.08. The molecule has 1 aliphatic heterocycles. The number of fused-ring (bicyclic) bond motifs is 1. The second-order valence-corrected chi connectivity index (χ2v) is 2.62. The molecule has 0 amide bonds. The minimum absolute atomic E-state index is 0.546. The maximum absolute atomic E-state index is 5.66. The summed E-state index contributed by atoms with van der Waals surface area (Å²) in [6.45, 7) is 1.29. The lowest BCUT2D eigenvalue weighted by Gasteiger charge is -1.93. The molecule has 0 saturated heterocycles. The summed E-state index contributed by atoms with van der Waals surface area (Å²) in [6, 6.07) is 3.74.